The van der Waals surface area contributed by atoms with Crippen LogP contribution in [0.15, 0.2) is 22.7 Å². The van der Waals surface area contributed by atoms with Crippen molar-refractivity contribution in [2.45, 2.75) is 0 Å². The zero-order valence-corrected chi connectivity index (χ0v) is 12.7. The van der Waals surface area contributed by atoms with Crippen molar-refractivity contribution in [3.05, 3.63) is 27.5 Å². The number of fused-ring (bicyclic) bond motifs is 1. The largest absolute Gasteiger partial charge is 0.448 e. The number of nitrogen functional groups attached to an aromatic ring is 1. The lowest BCUT2D eigenvalue weighted by atomic mass is 10.2. The van der Waals surface area contributed by atoms with E-state index in [4.69, 9.17) is 11.5 Å². The first-order chi connectivity index (χ1) is 9.49. The third-order valence-electron chi connectivity index (χ3n) is 2.53. The summed E-state index contributed by atoms with van der Waals surface area (Å²) in [7, 11) is 0. The number of nitrogens with two attached hydrogens (primary N) is 2. The molecule has 2 aromatic rings. The van der Waals surface area contributed by atoms with Crippen molar-refractivity contribution in [2.24, 2.45) is 5.73 Å². The molecule has 1 aromatic heterocycles. The van der Waals surface area contributed by atoms with Gasteiger partial charge in [-0.05, 0) is 18.2 Å². The summed E-state index contributed by atoms with van der Waals surface area (Å²) >= 11 is 4.68. The molecular weight excluding hydrogens is 346 g/mol. The highest BCUT2D eigenvalue weighted by Gasteiger charge is 2.16. The Bertz CT molecular complexity index is 671. The Balaban J connectivity index is 2.10. The molecule has 5 N–H and O–H groups in total. The van der Waals surface area contributed by atoms with Crippen LogP contribution in [0.2, 0.25) is 0 Å². The summed E-state index contributed by atoms with van der Waals surface area (Å²) in [6.45, 7) is 0.205. The second-order valence-electron chi connectivity index (χ2n) is 3.91. The zero-order chi connectivity index (χ0) is 14.7. The van der Waals surface area contributed by atoms with Gasteiger partial charge in [-0.1, -0.05) is 15.9 Å². The van der Waals surface area contributed by atoms with Crippen molar-refractivity contribution in [1.82, 2.24) is 5.32 Å². The van der Waals surface area contributed by atoms with E-state index in [1.165, 1.54) is 11.3 Å². The van der Waals surface area contributed by atoms with Crippen molar-refractivity contribution >= 4 is 55.0 Å². The van der Waals surface area contributed by atoms with E-state index in [9.17, 15) is 9.59 Å². The number of hydrogen-bond donors (Lipinski definition) is 3. The maximum absolute atomic E-state index is 12.0. The Morgan fingerprint density at radius 3 is 2.85 bits per heavy atom. The Hall–Kier alpha value is -1.80. The number of carbonyl (C=O) groups is 2. The van der Waals surface area contributed by atoms with Crippen molar-refractivity contribution < 1.29 is 14.3 Å². The fraction of sp³-hybridized carbons (Fsp3) is 0.167. The van der Waals surface area contributed by atoms with Gasteiger partial charge in [0.2, 0.25) is 0 Å². The minimum absolute atomic E-state index is 0.0252. The molecule has 0 spiro atoms. The van der Waals surface area contributed by atoms with E-state index in [1.807, 2.05) is 18.2 Å². The number of amides is 2. The molecule has 0 radical (unpaired) electrons. The second kappa shape index (κ2) is 6.10. The number of thiophene rings is 1. The van der Waals surface area contributed by atoms with Gasteiger partial charge in [0.1, 0.15) is 11.5 Å². The van der Waals surface area contributed by atoms with Gasteiger partial charge in [0.25, 0.3) is 5.91 Å². The van der Waals surface area contributed by atoms with Crippen molar-refractivity contribution in [2.75, 3.05) is 18.9 Å². The molecule has 20 heavy (non-hydrogen) atoms. The molecule has 0 atom stereocenters. The summed E-state index contributed by atoms with van der Waals surface area (Å²) in [6, 6.07) is 5.65. The molecule has 0 unspecified atom stereocenters. The molecule has 0 aliphatic heterocycles. The van der Waals surface area contributed by atoms with Gasteiger partial charge >= 0.3 is 6.09 Å². The molecule has 0 saturated heterocycles. The molecule has 8 heteroatoms. The SMILES string of the molecule is NC(=O)OCCNC(=O)c1sc2ccc(Br)cc2c1N. The molecule has 1 heterocycles. The molecule has 6 nitrogen and oxygen atoms in total. The standard InChI is InChI=1S/C12H12BrN3O3S/c13-6-1-2-8-7(5-6)9(14)10(20-8)11(17)16-3-4-19-12(15)18/h1-2,5H,3-4,14H2,(H2,15,18)(H,16,17). The fourth-order valence-electron chi connectivity index (χ4n) is 1.65. The van der Waals surface area contributed by atoms with Crippen molar-refractivity contribution in [3.8, 4) is 0 Å². The van der Waals surface area contributed by atoms with E-state index in [2.05, 4.69) is 26.0 Å². The van der Waals surface area contributed by atoms with E-state index in [0.29, 0.717) is 10.6 Å². The van der Waals surface area contributed by atoms with E-state index in [1.54, 1.807) is 0 Å². The van der Waals surface area contributed by atoms with Crippen LogP contribution in [-0.2, 0) is 4.74 Å². The van der Waals surface area contributed by atoms with Gasteiger partial charge in [-0.25, -0.2) is 4.79 Å². The zero-order valence-electron chi connectivity index (χ0n) is 10.3. The Morgan fingerprint density at radius 1 is 1.40 bits per heavy atom. The molecule has 106 valence electrons. The van der Waals surface area contributed by atoms with Crippen LogP contribution in [0.25, 0.3) is 10.1 Å². The lowest BCUT2D eigenvalue weighted by Crippen LogP contribution is -2.28. The van der Waals surface area contributed by atoms with E-state index in [0.717, 1.165) is 14.6 Å². The molecule has 0 bridgehead atoms. The monoisotopic (exact) mass is 357 g/mol. The molecule has 0 aliphatic rings. The first kappa shape index (κ1) is 14.6. The third kappa shape index (κ3) is 3.20. The summed E-state index contributed by atoms with van der Waals surface area (Å²) in [5.74, 6) is -0.298. The smallest absolute Gasteiger partial charge is 0.404 e. The van der Waals surface area contributed by atoms with Crippen LogP contribution < -0.4 is 16.8 Å². The average molecular weight is 358 g/mol. The lowest BCUT2D eigenvalue weighted by Gasteiger charge is -2.04. The minimum Gasteiger partial charge on any atom is -0.448 e. The Labute approximate surface area is 127 Å². The third-order valence-corrected chi connectivity index (χ3v) is 4.21. The van der Waals surface area contributed by atoms with Gasteiger partial charge in [-0.2, -0.15) is 0 Å². The van der Waals surface area contributed by atoms with Crippen LogP contribution in [0.3, 0.4) is 0 Å². The number of anilines is 1. The molecular formula is C12H12BrN3O3S. The highest BCUT2D eigenvalue weighted by Crippen LogP contribution is 2.35. The maximum atomic E-state index is 12.0. The van der Waals surface area contributed by atoms with Crippen LogP contribution >= 0.6 is 27.3 Å². The molecule has 2 rings (SSSR count). The number of nitrogens with one attached hydrogen (secondary N) is 1. The normalized spacial score (nSPS) is 10.4. The number of carbonyl (C=O) groups excluding carboxylic acids is 2. The van der Waals surface area contributed by atoms with Crippen LogP contribution in [0.4, 0.5) is 10.5 Å². The van der Waals surface area contributed by atoms with Crippen molar-refractivity contribution in [3.63, 3.8) is 0 Å². The number of benzene rings is 1. The summed E-state index contributed by atoms with van der Waals surface area (Å²) < 4.78 is 6.36. The molecule has 0 saturated carbocycles. The predicted octanol–water partition coefficient (Wildman–Crippen LogP) is 2.07. The molecule has 2 amide bonds. The number of hydrogen-bond acceptors (Lipinski definition) is 5. The summed E-state index contributed by atoms with van der Waals surface area (Å²) in [6.07, 6.45) is -0.870. The Kier molecular flexibility index (Phi) is 4.46. The van der Waals surface area contributed by atoms with Gasteiger partial charge in [0, 0.05) is 14.6 Å². The van der Waals surface area contributed by atoms with Crippen LogP contribution in [-0.4, -0.2) is 25.2 Å². The van der Waals surface area contributed by atoms with E-state index >= 15 is 0 Å². The summed E-state index contributed by atoms with van der Waals surface area (Å²) in [5.41, 5.74) is 11.2. The van der Waals surface area contributed by atoms with Gasteiger partial charge in [-0.3, -0.25) is 4.79 Å². The van der Waals surface area contributed by atoms with Crippen LogP contribution in [0.1, 0.15) is 9.67 Å². The minimum atomic E-state index is -0.870. The number of rotatable bonds is 4. The summed E-state index contributed by atoms with van der Waals surface area (Å²) in [5, 5.41) is 3.45. The lowest BCUT2D eigenvalue weighted by molar-refractivity contribution is 0.0941. The topological polar surface area (TPSA) is 107 Å². The van der Waals surface area contributed by atoms with Crippen LogP contribution in [0, 0.1) is 0 Å². The fourth-order valence-corrected chi connectivity index (χ4v) is 3.03. The van der Waals surface area contributed by atoms with Crippen LogP contribution in [0.5, 0.6) is 0 Å². The first-order valence-electron chi connectivity index (χ1n) is 5.67. The first-order valence-corrected chi connectivity index (χ1v) is 7.28. The number of halogens is 1. The van der Waals surface area contributed by atoms with Gasteiger partial charge in [-0.15, -0.1) is 11.3 Å². The van der Waals surface area contributed by atoms with Gasteiger partial charge < -0.3 is 21.5 Å². The van der Waals surface area contributed by atoms with Crippen molar-refractivity contribution in [1.29, 1.82) is 0 Å². The highest BCUT2D eigenvalue weighted by atomic mass is 79.9. The maximum Gasteiger partial charge on any atom is 0.404 e. The predicted molar refractivity (Wildman–Crippen MR) is 81.8 cm³/mol. The van der Waals surface area contributed by atoms with E-state index < -0.39 is 6.09 Å². The molecule has 0 aliphatic carbocycles. The number of ether oxygens (including phenoxy) is 1. The highest BCUT2D eigenvalue weighted by molar-refractivity contribution is 9.10. The molecule has 1 aromatic carbocycles. The second-order valence-corrected chi connectivity index (χ2v) is 5.88. The van der Waals surface area contributed by atoms with E-state index in [-0.39, 0.29) is 19.1 Å². The Morgan fingerprint density at radius 2 is 2.15 bits per heavy atom. The van der Waals surface area contributed by atoms with Gasteiger partial charge in [0.05, 0.1) is 12.2 Å². The molecule has 0 fully saturated rings. The number of primary amides is 1. The summed E-state index contributed by atoms with van der Waals surface area (Å²) in [4.78, 5) is 22.8. The quantitative estimate of drug-likeness (QED) is 0.727. The van der Waals surface area contributed by atoms with Gasteiger partial charge in [0.15, 0.2) is 0 Å². The average Bonchev–Trinajstić information content (AvgIpc) is 2.72.